The van der Waals surface area contributed by atoms with Crippen LogP contribution in [0, 0.1) is 17.3 Å². The first-order valence-electron chi connectivity index (χ1n) is 6.35. The van der Waals surface area contributed by atoms with Gasteiger partial charge in [0.05, 0.1) is 5.92 Å². The van der Waals surface area contributed by atoms with Crippen molar-refractivity contribution in [2.24, 2.45) is 23.0 Å². The summed E-state index contributed by atoms with van der Waals surface area (Å²) in [6, 6.07) is 0. The topological polar surface area (TPSA) is 63.4 Å². The number of rotatable bonds is 3. The molecule has 0 radical (unpaired) electrons. The SMILES string of the molecule is CC(C)C(C)(C)C(=O)N1CCCC(C(N)=O)C1. The number of nitrogens with two attached hydrogens (primary N) is 1. The lowest BCUT2D eigenvalue weighted by Crippen LogP contribution is -2.49. The zero-order valence-electron chi connectivity index (χ0n) is 11.3. The summed E-state index contributed by atoms with van der Waals surface area (Å²) in [5.74, 6) is -0.0390. The molecule has 98 valence electrons. The van der Waals surface area contributed by atoms with Gasteiger partial charge < -0.3 is 10.6 Å². The normalized spacial score (nSPS) is 21.7. The molecule has 2 amide bonds. The van der Waals surface area contributed by atoms with Crippen LogP contribution in [0.25, 0.3) is 0 Å². The van der Waals surface area contributed by atoms with Gasteiger partial charge in [-0.05, 0) is 18.8 Å². The largest absolute Gasteiger partial charge is 0.369 e. The van der Waals surface area contributed by atoms with Gasteiger partial charge >= 0.3 is 0 Å². The molecule has 1 rings (SSSR count). The van der Waals surface area contributed by atoms with E-state index in [4.69, 9.17) is 5.73 Å². The molecule has 0 aromatic carbocycles. The summed E-state index contributed by atoms with van der Waals surface area (Å²) in [7, 11) is 0. The summed E-state index contributed by atoms with van der Waals surface area (Å²) in [6.45, 7) is 9.27. The van der Waals surface area contributed by atoms with Gasteiger partial charge in [0.15, 0.2) is 0 Å². The Hall–Kier alpha value is -1.06. The average molecular weight is 240 g/mol. The highest BCUT2D eigenvalue weighted by atomic mass is 16.2. The van der Waals surface area contributed by atoms with Crippen molar-refractivity contribution in [2.45, 2.75) is 40.5 Å². The molecule has 0 aromatic rings. The van der Waals surface area contributed by atoms with E-state index in [2.05, 4.69) is 0 Å². The van der Waals surface area contributed by atoms with E-state index in [0.717, 1.165) is 19.4 Å². The molecule has 1 heterocycles. The number of piperidine rings is 1. The molecule has 4 nitrogen and oxygen atoms in total. The number of amides is 2. The van der Waals surface area contributed by atoms with Gasteiger partial charge in [0.1, 0.15) is 0 Å². The monoisotopic (exact) mass is 240 g/mol. The van der Waals surface area contributed by atoms with Gasteiger partial charge in [-0.15, -0.1) is 0 Å². The van der Waals surface area contributed by atoms with Crippen LogP contribution in [0.1, 0.15) is 40.5 Å². The van der Waals surface area contributed by atoms with E-state index in [0.29, 0.717) is 6.54 Å². The Kier molecular flexibility index (Phi) is 4.17. The highest BCUT2D eigenvalue weighted by Gasteiger charge is 2.37. The molecule has 0 bridgehead atoms. The third kappa shape index (κ3) is 2.99. The molecule has 1 fully saturated rings. The number of nitrogens with zero attached hydrogens (tertiary/aromatic N) is 1. The lowest BCUT2D eigenvalue weighted by molar-refractivity contribution is -0.145. The quantitative estimate of drug-likeness (QED) is 0.810. The van der Waals surface area contributed by atoms with Crippen LogP contribution in [0.2, 0.25) is 0 Å². The molecule has 0 aromatic heterocycles. The molecule has 1 unspecified atom stereocenters. The van der Waals surface area contributed by atoms with E-state index in [1.54, 1.807) is 4.90 Å². The van der Waals surface area contributed by atoms with Gasteiger partial charge in [-0.1, -0.05) is 27.7 Å². The Balaban J connectivity index is 2.73. The summed E-state index contributed by atoms with van der Waals surface area (Å²) in [6.07, 6.45) is 1.68. The Labute approximate surface area is 104 Å². The van der Waals surface area contributed by atoms with Crippen molar-refractivity contribution in [3.05, 3.63) is 0 Å². The molecule has 2 N–H and O–H groups in total. The molecule has 0 saturated carbocycles. The minimum atomic E-state index is -0.375. The van der Waals surface area contributed by atoms with Crippen LogP contribution in [-0.4, -0.2) is 29.8 Å². The number of likely N-dealkylation sites (tertiary alicyclic amines) is 1. The molecule has 1 aliphatic rings. The molecule has 0 aliphatic carbocycles. The smallest absolute Gasteiger partial charge is 0.228 e. The van der Waals surface area contributed by atoms with Crippen molar-refractivity contribution in [1.82, 2.24) is 4.90 Å². The van der Waals surface area contributed by atoms with Crippen molar-refractivity contribution in [3.63, 3.8) is 0 Å². The van der Waals surface area contributed by atoms with Gasteiger partial charge in [-0.2, -0.15) is 0 Å². The van der Waals surface area contributed by atoms with Crippen LogP contribution in [0.3, 0.4) is 0 Å². The zero-order valence-corrected chi connectivity index (χ0v) is 11.3. The van der Waals surface area contributed by atoms with Crippen LogP contribution >= 0.6 is 0 Å². The van der Waals surface area contributed by atoms with Crippen molar-refractivity contribution in [2.75, 3.05) is 13.1 Å². The first-order chi connectivity index (χ1) is 7.76. The maximum atomic E-state index is 12.4. The van der Waals surface area contributed by atoms with E-state index < -0.39 is 0 Å². The second-order valence-corrected chi connectivity index (χ2v) is 5.87. The van der Waals surface area contributed by atoms with E-state index in [9.17, 15) is 9.59 Å². The molecular weight excluding hydrogens is 216 g/mol. The van der Waals surface area contributed by atoms with E-state index in [1.807, 2.05) is 27.7 Å². The lowest BCUT2D eigenvalue weighted by Gasteiger charge is -2.38. The molecule has 1 aliphatic heterocycles. The summed E-state index contributed by atoms with van der Waals surface area (Å²) in [5, 5.41) is 0. The van der Waals surface area contributed by atoms with Crippen LogP contribution in [0.4, 0.5) is 0 Å². The van der Waals surface area contributed by atoms with Gasteiger partial charge in [-0.3, -0.25) is 9.59 Å². The predicted octanol–water partition coefficient (Wildman–Crippen LogP) is 1.39. The molecule has 17 heavy (non-hydrogen) atoms. The van der Waals surface area contributed by atoms with Gasteiger partial charge in [0.25, 0.3) is 0 Å². The summed E-state index contributed by atoms with van der Waals surface area (Å²) >= 11 is 0. The number of primary amides is 1. The van der Waals surface area contributed by atoms with Crippen molar-refractivity contribution in [1.29, 1.82) is 0 Å². The second kappa shape index (κ2) is 5.07. The van der Waals surface area contributed by atoms with Gasteiger partial charge in [0.2, 0.25) is 11.8 Å². The highest BCUT2D eigenvalue weighted by molar-refractivity contribution is 5.83. The Morgan fingerprint density at radius 2 is 1.94 bits per heavy atom. The second-order valence-electron chi connectivity index (χ2n) is 5.87. The minimum Gasteiger partial charge on any atom is -0.369 e. The van der Waals surface area contributed by atoms with Gasteiger partial charge in [0, 0.05) is 18.5 Å². The number of carbonyl (C=O) groups excluding carboxylic acids is 2. The van der Waals surface area contributed by atoms with Crippen LogP contribution < -0.4 is 5.73 Å². The fourth-order valence-corrected chi connectivity index (χ4v) is 2.05. The van der Waals surface area contributed by atoms with Crippen LogP contribution in [-0.2, 0) is 9.59 Å². The van der Waals surface area contributed by atoms with Crippen molar-refractivity contribution >= 4 is 11.8 Å². The van der Waals surface area contributed by atoms with Crippen LogP contribution in [0.15, 0.2) is 0 Å². The predicted molar refractivity (Wildman–Crippen MR) is 67.1 cm³/mol. The third-order valence-corrected chi connectivity index (χ3v) is 4.11. The number of hydrogen-bond donors (Lipinski definition) is 1. The van der Waals surface area contributed by atoms with E-state index in [1.165, 1.54) is 0 Å². The molecule has 4 heteroatoms. The Morgan fingerprint density at radius 1 is 1.35 bits per heavy atom. The standard InChI is InChI=1S/C13H24N2O2/c1-9(2)13(3,4)12(17)15-7-5-6-10(8-15)11(14)16/h9-10H,5-8H2,1-4H3,(H2,14,16). The maximum absolute atomic E-state index is 12.4. The lowest BCUT2D eigenvalue weighted by atomic mass is 9.79. The third-order valence-electron chi connectivity index (χ3n) is 4.11. The average Bonchev–Trinajstić information content (AvgIpc) is 2.27. The fourth-order valence-electron chi connectivity index (χ4n) is 2.05. The van der Waals surface area contributed by atoms with Crippen molar-refractivity contribution < 1.29 is 9.59 Å². The van der Waals surface area contributed by atoms with Crippen molar-refractivity contribution in [3.8, 4) is 0 Å². The van der Waals surface area contributed by atoms with E-state index >= 15 is 0 Å². The Morgan fingerprint density at radius 3 is 2.41 bits per heavy atom. The van der Waals surface area contributed by atoms with Gasteiger partial charge in [-0.25, -0.2) is 0 Å². The first kappa shape index (κ1) is 14.0. The Bertz CT molecular complexity index is 311. The highest BCUT2D eigenvalue weighted by Crippen LogP contribution is 2.30. The first-order valence-corrected chi connectivity index (χ1v) is 6.35. The number of hydrogen-bond acceptors (Lipinski definition) is 2. The molecular formula is C13H24N2O2. The van der Waals surface area contributed by atoms with E-state index in [-0.39, 0.29) is 29.1 Å². The fraction of sp³-hybridized carbons (Fsp3) is 0.846. The number of carbonyl (C=O) groups is 2. The summed E-state index contributed by atoms with van der Waals surface area (Å²) in [4.78, 5) is 25.4. The summed E-state index contributed by atoms with van der Waals surface area (Å²) < 4.78 is 0. The minimum absolute atomic E-state index is 0.137. The maximum Gasteiger partial charge on any atom is 0.228 e. The van der Waals surface area contributed by atoms with Crippen LogP contribution in [0.5, 0.6) is 0 Å². The summed E-state index contributed by atoms with van der Waals surface area (Å²) in [5.41, 5.74) is 4.95. The zero-order chi connectivity index (χ0) is 13.2. The molecule has 1 atom stereocenters. The molecule has 0 spiro atoms. The molecule has 1 saturated heterocycles.